The van der Waals surface area contributed by atoms with Crippen LogP contribution in [0.5, 0.6) is 0 Å². The van der Waals surface area contributed by atoms with Gasteiger partial charge < -0.3 is 14.5 Å². The van der Waals surface area contributed by atoms with Crippen LogP contribution in [0.3, 0.4) is 0 Å². The van der Waals surface area contributed by atoms with Crippen molar-refractivity contribution in [1.29, 1.82) is 0 Å². The topological polar surface area (TPSA) is 76.0 Å². The molecule has 4 aliphatic carbocycles. The molecule has 0 heterocycles. The number of hydrogen-bond acceptors (Lipinski definition) is 3. The second-order valence-electron chi connectivity index (χ2n) is 10.00. The normalized spacial score (nSPS) is 51.4. The molecule has 0 radical (unpaired) electrons. The zero-order chi connectivity index (χ0) is 18.7. The second-order valence-corrected chi connectivity index (χ2v) is 11.2. The maximum absolute atomic E-state index is 11.2. The molecule has 4 saturated carbocycles. The molecule has 8 atom stereocenters. The first-order valence-corrected chi connectivity index (χ1v) is 12.0. The van der Waals surface area contributed by atoms with E-state index in [1.54, 1.807) is 0 Å². The van der Waals surface area contributed by atoms with E-state index in [-0.39, 0.29) is 6.10 Å². The standard InChI is InChI=1S/C20H35O5P/c1-19-10-8-14(25-26(21,22)23)12-13(19)4-5-15-16-6-7-18(24-3)20(16,2)11-9-17(15)19/h13-18H,4-12H2,1-3H3,(H2,21,22,23)/t13-,14?,15+,16+,17+,18+,19+,20+/m1/s1. The van der Waals surface area contributed by atoms with E-state index in [1.807, 2.05) is 7.11 Å². The molecule has 6 heteroatoms. The van der Waals surface area contributed by atoms with Crippen molar-refractivity contribution in [1.82, 2.24) is 0 Å². The molecule has 0 aliphatic heterocycles. The first-order chi connectivity index (χ1) is 12.2. The molecule has 5 nitrogen and oxygen atoms in total. The minimum absolute atomic E-state index is 0.274. The third-order valence-electron chi connectivity index (χ3n) is 9.10. The van der Waals surface area contributed by atoms with Crippen LogP contribution < -0.4 is 0 Å². The summed E-state index contributed by atoms with van der Waals surface area (Å²) in [5.74, 6) is 2.88. The van der Waals surface area contributed by atoms with Gasteiger partial charge in [0.1, 0.15) is 0 Å². The Kier molecular flexibility index (Phi) is 4.89. The van der Waals surface area contributed by atoms with Crippen molar-refractivity contribution >= 4 is 7.82 Å². The molecule has 26 heavy (non-hydrogen) atoms. The van der Waals surface area contributed by atoms with Crippen LogP contribution in [0.2, 0.25) is 0 Å². The monoisotopic (exact) mass is 386 g/mol. The quantitative estimate of drug-likeness (QED) is 0.698. The average Bonchev–Trinajstić information content (AvgIpc) is 2.90. The minimum Gasteiger partial charge on any atom is -0.381 e. The van der Waals surface area contributed by atoms with Crippen molar-refractivity contribution in [3.8, 4) is 0 Å². The smallest absolute Gasteiger partial charge is 0.381 e. The maximum Gasteiger partial charge on any atom is 0.469 e. The van der Waals surface area contributed by atoms with Crippen molar-refractivity contribution < 1.29 is 23.6 Å². The van der Waals surface area contributed by atoms with Gasteiger partial charge >= 0.3 is 7.82 Å². The zero-order valence-electron chi connectivity index (χ0n) is 16.4. The summed E-state index contributed by atoms with van der Waals surface area (Å²) in [6, 6.07) is 0. The SMILES string of the molecule is CO[C@H]1CC[C@H]2[C@@H]3CC[C@@H]4CC(OP(=O)(O)O)CC[C@]4(C)[C@H]3CC[C@]12C. The van der Waals surface area contributed by atoms with Gasteiger partial charge in [0.25, 0.3) is 0 Å². The van der Waals surface area contributed by atoms with Gasteiger partial charge in [0.15, 0.2) is 0 Å². The Morgan fingerprint density at radius 3 is 2.31 bits per heavy atom. The molecule has 0 aromatic rings. The molecule has 0 aromatic carbocycles. The summed E-state index contributed by atoms with van der Waals surface area (Å²) in [6.45, 7) is 4.93. The van der Waals surface area contributed by atoms with Crippen molar-refractivity contribution in [2.45, 2.75) is 83.8 Å². The number of ether oxygens (including phenoxy) is 1. The summed E-state index contributed by atoms with van der Waals surface area (Å²) in [7, 11) is -2.50. The van der Waals surface area contributed by atoms with Crippen LogP contribution in [-0.4, -0.2) is 29.1 Å². The minimum atomic E-state index is -4.38. The molecular weight excluding hydrogens is 351 g/mol. The summed E-state index contributed by atoms with van der Waals surface area (Å²) >= 11 is 0. The van der Waals surface area contributed by atoms with Gasteiger partial charge in [0.2, 0.25) is 0 Å². The van der Waals surface area contributed by atoms with Crippen LogP contribution in [0.4, 0.5) is 0 Å². The molecule has 4 aliphatic rings. The first-order valence-electron chi connectivity index (χ1n) is 10.4. The molecular formula is C20H35O5P. The zero-order valence-corrected chi connectivity index (χ0v) is 17.3. The van der Waals surface area contributed by atoms with E-state index in [2.05, 4.69) is 13.8 Å². The molecule has 0 spiro atoms. The average molecular weight is 386 g/mol. The van der Waals surface area contributed by atoms with Gasteiger partial charge in [0, 0.05) is 7.11 Å². The van der Waals surface area contributed by atoms with E-state index < -0.39 is 7.82 Å². The van der Waals surface area contributed by atoms with E-state index in [1.165, 1.54) is 38.5 Å². The molecule has 1 unspecified atom stereocenters. The Hall–Kier alpha value is 0.0700. The summed E-state index contributed by atoms with van der Waals surface area (Å²) in [5, 5.41) is 0. The van der Waals surface area contributed by atoms with Gasteiger partial charge in [-0.1, -0.05) is 13.8 Å². The Balaban J connectivity index is 1.51. The van der Waals surface area contributed by atoms with Crippen molar-refractivity contribution in [3.05, 3.63) is 0 Å². The van der Waals surface area contributed by atoms with Crippen LogP contribution in [0.1, 0.15) is 71.6 Å². The fourth-order valence-electron chi connectivity index (χ4n) is 7.85. The third-order valence-corrected chi connectivity index (χ3v) is 9.67. The summed E-state index contributed by atoms with van der Waals surface area (Å²) in [6.07, 6.45) is 10.3. The van der Waals surface area contributed by atoms with Gasteiger partial charge in [-0.2, -0.15) is 0 Å². The fraction of sp³-hybridized carbons (Fsp3) is 1.00. The predicted octanol–water partition coefficient (Wildman–Crippen LogP) is 4.52. The van der Waals surface area contributed by atoms with E-state index in [0.717, 1.165) is 37.0 Å². The van der Waals surface area contributed by atoms with Gasteiger partial charge in [0.05, 0.1) is 12.2 Å². The van der Waals surface area contributed by atoms with Gasteiger partial charge in [-0.3, -0.25) is 4.52 Å². The summed E-state index contributed by atoms with van der Waals surface area (Å²) < 4.78 is 22.2. The highest BCUT2D eigenvalue weighted by Crippen LogP contribution is 2.66. The van der Waals surface area contributed by atoms with Gasteiger partial charge in [-0.25, -0.2) is 4.57 Å². The molecule has 4 fully saturated rings. The number of fused-ring (bicyclic) bond motifs is 5. The third kappa shape index (κ3) is 3.03. The lowest BCUT2D eigenvalue weighted by atomic mass is 9.45. The molecule has 0 aromatic heterocycles. The van der Waals surface area contributed by atoms with E-state index in [0.29, 0.717) is 22.9 Å². The summed E-state index contributed by atoms with van der Waals surface area (Å²) in [5.41, 5.74) is 0.657. The van der Waals surface area contributed by atoms with Crippen LogP contribution in [0.25, 0.3) is 0 Å². The Labute approximate surface area is 157 Å². The van der Waals surface area contributed by atoms with Gasteiger partial charge in [-0.15, -0.1) is 0 Å². The predicted molar refractivity (Wildman–Crippen MR) is 99.4 cm³/mol. The first kappa shape index (κ1) is 19.4. The summed E-state index contributed by atoms with van der Waals surface area (Å²) in [4.78, 5) is 18.3. The van der Waals surface area contributed by atoms with E-state index in [9.17, 15) is 14.4 Å². The molecule has 150 valence electrons. The molecule has 2 N–H and O–H groups in total. The lowest BCUT2D eigenvalue weighted by Crippen LogP contribution is -2.54. The lowest BCUT2D eigenvalue weighted by molar-refractivity contribution is -0.136. The Bertz CT molecular complexity index is 591. The van der Waals surface area contributed by atoms with Crippen molar-refractivity contribution in [2.75, 3.05) is 7.11 Å². The number of phosphoric acid groups is 1. The number of rotatable bonds is 3. The lowest BCUT2D eigenvalue weighted by Gasteiger charge is -2.61. The van der Waals surface area contributed by atoms with Crippen LogP contribution in [0.15, 0.2) is 0 Å². The van der Waals surface area contributed by atoms with Crippen molar-refractivity contribution in [3.63, 3.8) is 0 Å². The van der Waals surface area contributed by atoms with Crippen LogP contribution >= 0.6 is 7.82 Å². The molecule has 0 saturated heterocycles. The Morgan fingerprint density at radius 1 is 0.923 bits per heavy atom. The van der Waals surface area contributed by atoms with Gasteiger partial charge in [-0.05, 0) is 92.3 Å². The molecule has 0 amide bonds. The van der Waals surface area contributed by atoms with E-state index in [4.69, 9.17) is 9.26 Å². The maximum atomic E-state index is 11.2. The number of phosphoric ester groups is 1. The second kappa shape index (κ2) is 6.56. The number of methoxy groups -OCH3 is 1. The highest BCUT2D eigenvalue weighted by Gasteiger charge is 2.60. The molecule has 4 rings (SSSR count). The van der Waals surface area contributed by atoms with Crippen molar-refractivity contribution in [2.24, 2.45) is 34.5 Å². The highest BCUT2D eigenvalue weighted by atomic mass is 31.2. The number of hydrogen-bond donors (Lipinski definition) is 2. The van der Waals surface area contributed by atoms with Crippen LogP contribution in [-0.2, 0) is 13.8 Å². The highest BCUT2D eigenvalue weighted by molar-refractivity contribution is 7.46. The van der Waals surface area contributed by atoms with Crippen LogP contribution in [0, 0.1) is 34.5 Å². The Morgan fingerprint density at radius 2 is 1.62 bits per heavy atom. The van der Waals surface area contributed by atoms with E-state index >= 15 is 0 Å². The largest absolute Gasteiger partial charge is 0.469 e. The molecule has 0 bridgehead atoms. The fourth-order valence-corrected chi connectivity index (χ4v) is 8.43.